The van der Waals surface area contributed by atoms with Crippen LogP contribution in [0.1, 0.15) is 34.6 Å². The molecule has 0 fully saturated rings. The lowest BCUT2D eigenvalue weighted by atomic mass is 9.94. The second kappa shape index (κ2) is 6.88. The molecule has 0 aliphatic carbocycles. The number of nitrogens with zero attached hydrogens (tertiary/aromatic N) is 4. The van der Waals surface area contributed by atoms with Gasteiger partial charge in [0.2, 0.25) is 0 Å². The molecule has 5 nitrogen and oxygen atoms in total. The maximum absolute atomic E-state index is 14.0. The van der Waals surface area contributed by atoms with Crippen molar-refractivity contribution >= 4 is 21.8 Å². The fraction of sp³-hybridized carbons (Fsp3) is 0.250. The highest BCUT2D eigenvalue weighted by molar-refractivity contribution is 9.10. The average Bonchev–Trinajstić information content (AvgIpc) is 3.08. The van der Waals surface area contributed by atoms with Crippen molar-refractivity contribution in [2.45, 2.75) is 19.4 Å². The first-order valence-electron chi connectivity index (χ1n) is 8.68. The third-order valence-corrected chi connectivity index (χ3v) is 5.40. The van der Waals surface area contributed by atoms with Crippen LogP contribution in [-0.2, 0) is 13.5 Å². The van der Waals surface area contributed by atoms with E-state index in [1.807, 2.05) is 20.2 Å². The van der Waals surface area contributed by atoms with E-state index < -0.39 is 0 Å². The van der Waals surface area contributed by atoms with Crippen LogP contribution in [0.25, 0.3) is 11.1 Å². The number of aryl methyl sites for hydroxylation is 1. The average molecular weight is 429 g/mol. The van der Waals surface area contributed by atoms with Gasteiger partial charge in [-0.25, -0.2) is 4.39 Å². The summed E-state index contributed by atoms with van der Waals surface area (Å²) in [5, 5.41) is 4.21. The van der Waals surface area contributed by atoms with Crippen molar-refractivity contribution < 1.29 is 9.18 Å². The van der Waals surface area contributed by atoms with Crippen LogP contribution in [0.15, 0.2) is 47.3 Å². The topological polar surface area (TPSA) is 51.0 Å². The summed E-state index contributed by atoms with van der Waals surface area (Å²) >= 11 is 3.38. The van der Waals surface area contributed by atoms with Crippen LogP contribution < -0.4 is 0 Å². The molecule has 3 heterocycles. The summed E-state index contributed by atoms with van der Waals surface area (Å²) in [5.74, 6) is -0.405. The second-order valence-electron chi connectivity index (χ2n) is 6.71. The van der Waals surface area contributed by atoms with E-state index in [4.69, 9.17) is 0 Å². The van der Waals surface area contributed by atoms with Crippen molar-refractivity contribution in [3.05, 3.63) is 70.0 Å². The van der Waals surface area contributed by atoms with Crippen LogP contribution >= 0.6 is 15.9 Å². The summed E-state index contributed by atoms with van der Waals surface area (Å²) < 4.78 is 16.5. The number of hydrogen-bond donors (Lipinski definition) is 0. The maximum atomic E-state index is 14.0. The van der Waals surface area contributed by atoms with Crippen molar-refractivity contribution in [1.82, 2.24) is 19.7 Å². The molecular weight excluding hydrogens is 411 g/mol. The molecule has 27 heavy (non-hydrogen) atoms. The van der Waals surface area contributed by atoms with Crippen molar-refractivity contribution in [3.63, 3.8) is 0 Å². The van der Waals surface area contributed by atoms with E-state index in [0.717, 1.165) is 26.9 Å². The summed E-state index contributed by atoms with van der Waals surface area (Å²) in [6, 6.07) is 6.22. The Morgan fingerprint density at radius 1 is 1.22 bits per heavy atom. The van der Waals surface area contributed by atoms with Crippen LogP contribution in [0.4, 0.5) is 4.39 Å². The largest absolute Gasteiger partial charge is 0.331 e. The molecule has 7 heteroatoms. The lowest BCUT2D eigenvalue weighted by Gasteiger charge is -2.34. The summed E-state index contributed by atoms with van der Waals surface area (Å²) in [6.45, 7) is 2.48. The van der Waals surface area contributed by atoms with Crippen LogP contribution in [0, 0.1) is 5.82 Å². The molecule has 0 spiro atoms. The van der Waals surface area contributed by atoms with Crippen molar-refractivity contribution in [3.8, 4) is 11.1 Å². The Bertz CT molecular complexity index is 1030. The molecule has 1 aromatic carbocycles. The first-order chi connectivity index (χ1) is 12.9. The molecule has 2 aromatic heterocycles. The lowest BCUT2D eigenvalue weighted by Crippen LogP contribution is -2.40. The van der Waals surface area contributed by atoms with Gasteiger partial charge in [-0.2, -0.15) is 5.10 Å². The van der Waals surface area contributed by atoms with Crippen molar-refractivity contribution in [2.24, 2.45) is 7.05 Å². The van der Waals surface area contributed by atoms with Gasteiger partial charge >= 0.3 is 0 Å². The zero-order valence-electron chi connectivity index (χ0n) is 15.0. The van der Waals surface area contributed by atoms with Gasteiger partial charge < -0.3 is 4.90 Å². The molecule has 1 aliphatic heterocycles. The van der Waals surface area contributed by atoms with Gasteiger partial charge in [-0.05, 0) is 52.2 Å². The van der Waals surface area contributed by atoms with Gasteiger partial charge in [0.15, 0.2) is 0 Å². The molecule has 0 saturated carbocycles. The maximum Gasteiger partial charge on any atom is 0.256 e. The number of rotatable bonds is 3. The first kappa shape index (κ1) is 17.9. The van der Waals surface area contributed by atoms with Gasteiger partial charge in [-0.3, -0.25) is 14.5 Å². The minimum atomic E-state index is -0.321. The molecule has 1 unspecified atom stereocenters. The highest BCUT2D eigenvalue weighted by atomic mass is 79.9. The molecule has 138 valence electrons. The number of benzene rings is 1. The van der Waals surface area contributed by atoms with Gasteiger partial charge in [-0.1, -0.05) is 6.07 Å². The molecule has 4 rings (SSSR count). The quantitative estimate of drug-likeness (QED) is 0.629. The van der Waals surface area contributed by atoms with E-state index in [9.17, 15) is 9.18 Å². The Morgan fingerprint density at radius 2 is 2.04 bits per heavy atom. The van der Waals surface area contributed by atoms with E-state index in [0.29, 0.717) is 18.5 Å². The SMILES string of the molecule is CC(c1cc(F)ccc1-c1cnn(C)c1)N1CCc2ncc(Br)cc2C1=O. The van der Waals surface area contributed by atoms with E-state index in [2.05, 4.69) is 26.0 Å². The Balaban J connectivity index is 1.74. The predicted molar refractivity (Wildman–Crippen MR) is 104 cm³/mol. The summed E-state index contributed by atoms with van der Waals surface area (Å²) in [4.78, 5) is 19.2. The fourth-order valence-corrected chi connectivity index (χ4v) is 3.91. The normalized spacial score (nSPS) is 15.0. The number of hydrogen-bond acceptors (Lipinski definition) is 3. The number of carbonyl (C=O) groups excluding carboxylic acids is 1. The van der Waals surface area contributed by atoms with Gasteiger partial charge in [0.1, 0.15) is 5.82 Å². The Kier molecular flexibility index (Phi) is 4.55. The number of aromatic nitrogens is 3. The molecule has 0 radical (unpaired) electrons. The Labute approximate surface area is 165 Å². The number of fused-ring (bicyclic) bond motifs is 1. The lowest BCUT2D eigenvalue weighted by molar-refractivity contribution is 0.0670. The van der Waals surface area contributed by atoms with Gasteiger partial charge in [0, 0.05) is 42.4 Å². The molecule has 0 saturated heterocycles. The number of halogens is 2. The van der Waals surface area contributed by atoms with Gasteiger partial charge in [-0.15, -0.1) is 0 Å². The predicted octanol–water partition coefficient (Wildman–Crippen LogP) is 4.14. The van der Waals surface area contributed by atoms with E-state index in [-0.39, 0.29) is 17.8 Å². The van der Waals surface area contributed by atoms with Gasteiger partial charge in [0.25, 0.3) is 5.91 Å². The molecule has 0 N–H and O–H groups in total. The number of pyridine rings is 1. The molecule has 1 aliphatic rings. The fourth-order valence-electron chi connectivity index (χ4n) is 3.57. The van der Waals surface area contributed by atoms with E-state index in [1.165, 1.54) is 12.1 Å². The third-order valence-electron chi connectivity index (χ3n) is 4.96. The molecule has 1 atom stereocenters. The minimum Gasteiger partial charge on any atom is -0.331 e. The summed E-state index contributed by atoms with van der Waals surface area (Å²) in [7, 11) is 1.84. The number of carbonyl (C=O) groups is 1. The highest BCUT2D eigenvalue weighted by Gasteiger charge is 2.31. The summed E-state index contributed by atoms with van der Waals surface area (Å²) in [6.07, 6.45) is 6.02. The second-order valence-corrected chi connectivity index (χ2v) is 7.62. The van der Waals surface area contributed by atoms with Crippen molar-refractivity contribution in [2.75, 3.05) is 6.54 Å². The molecule has 3 aromatic rings. The molecular formula is C20H18BrFN4O. The Morgan fingerprint density at radius 3 is 2.78 bits per heavy atom. The highest BCUT2D eigenvalue weighted by Crippen LogP contribution is 2.34. The minimum absolute atomic E-state index is 0.0843. The number of amides is 1. The standard InChI is InChI=1S/C20H18BrFN4O/c1-12(26-6-5-19-18(20(26)27)7-14(21)10-23-19)17-8-15(22)3-4-16(17)13-9-24-25(2)11-13/h3-4,7-12H,5-6H2,1-2H3. The monoisotopic (exact) mass is 428 g/mol. The van der Waals surface area contributed by atoms with Crippen LogP contribution in [0.3, 0.4) is 0 Å². The summed E-state index contributed by atoms with van der Waals surface area (Å²) in [5.41, 5.74) is 3.94. The zero-order chi connectivity index (χ0) is 19.1. The van der Waals surface area contributed by atoms with Crippen LogP contribution in [0.2, 0.25) is 0 Å². The van der Waals surface area contributed by atoms with Gasteiger partial charge in [0.05, 0.1) is 23.5 Å². The van der Waals surface area contributed by atoms with Crippen molar-refractivity contribution in [1.29, 1.82) is 0 Å². The van der Waals surface area contributed by atoms with Crippen LogP contribution in [0.5, 0.6) is 0 Å². The Hall–Kier alpha value is -2.54. The smallest absolute Gasteiger partial charge is 0.256 e. The first-order valence-corrected chi connectivity index (χ1v) is 9.47. The zero-order valence-corrected chi connectivity index (χ0v) is 16.6. The third kappa shape index (κ3) is 3.27. The van der Waals surface area contributed by atoms with E-state index in [1.54, 1.807) is 34.1 Å². The van der Waals surface area contributed by atoms with E-state index >= 15 is 0 Å². The van der Waals surface area contributed by atoms with Crippen LogP contribution in [-0.4, -0.2) is 32.1 Å². The molecule has 0 bridgehead atoms. The molecule has 1 amide bonds.